The second-order valence-corrected chi connectivity index (χ2v) is 6.98. The van der Waals surface area contributed by atoms with Gasteiger partial charge in [-0.2, -0.15) is 0 Å². The van der Waals surface area contributed by atoms with Crippen molar-refractivity contribution in [3.8, 4) is 0 Å². The van der Waals surface area contributed by atoms with Crippen LogP contribution in [-0.4, -0.2) is 11.8 Å². The topological polar surface area (TPSA) is 58.2 Å². The Morgan fingerprint density at radius 3 is 2.44 bits per heavy atom. The van der Waals surface area contributed by atoms with Gasteiger partial charge in [-0.25, -0.2) is 0 Å². The van der Waals surface area contributed by atoms with E-state index < -0.39 is 0 Å². The number of hydrogen-bond donors (Lipinski definition) is 2. The molecule has 132 valence electrons. The molecule has 25 heavy (non-hydrogen) atoms. The van der Waals surface area contributed by atoms with Gasteiger partial charge in [-0.05, 0) is 49.2 Å². The van der Waals surface area contributed by atoms with Crippen molar-refractivity contribution in [1.29, 1.82) is 0 Å². The summed E-state index contributed by atoms with van der Waals surface area (Å²) in [5, 5.41) is 6.09. The number of hydrogen-bond acceptors (Lipinski definition) is 2. The van der Waals surface area contributed by atoms with Crippen LogP contribution >= 0.6 is 27.5 Å². The number of nitrogens with one attached hydrogen (secondary N) is 2. The molecule has 0 saturated carbocycles. The summed E-state index contributed by atoms with van der Waals surface area (Å²) in [4.78, 5) is 24.6. The van der Waals surface area contributed by atoms with Crippen molar-refractivity contribution in [1.82, 2.24) is 0 Å². The molecule has 0 aliphatic rings. The summed E-state index contributed by atoms with van der Waals surface area (Å²) in [5.41, 5.74) is 1.58. The van der Waals surface area contributed by atoms with Crippen molar-refractivity contribution in [2.75, 3.05) is 10.6 Å². The first-order valence-electron chi connectivity index (χ1n) is 8.11. The number of rotatable bonds is 6. The molecular formula is C19H20BrClN2O2. The van der Waals surface area contributed by atoms with E-state index in [2.05, 4.69) is 26.6 Å². The third-order valence-electron chi connectivity index (χ3n) is 3.93. The largest absolute Gasteiger partial charge is 0.326 e. The average molecular weight is 424 g/mol. The zero-order valence-corrected chi connectivity index (χ0v) is 16.4. The van der Waals surface area contributed by atoms with E-state index in [0.29, 0.717) is 22.0 Å². The predicted molar refractivity (Wildman–Crippen MR) is 106 cm³/mol. The van der Waals surface area contributed by atoms with Crippen LogP contribution < -0.4 is 10.6 Å². The summed E-state index contributed by atoms with van der Waals surface area (Å²) < 4.78 is 0.835. The predicted octanol–water partition coefficient (Wildman–Crippen LogP) is 5.73. The van der Waals surface area contributed by atoms with Crippen LogP contribution in [0.1, 0.15) is 37.0 Å². The molecule has 2 aromatic rings. The molecule has 0 bridgehead atoms. The SMILES string of the molecule is CCC(CC)C(=O)Nc1cccc(C(=O)Nc2ccc(Br)cc2Cl)c1. The molecule has 0 saturated heterocycles. The minimum Gasteiger partial charge on any atom is -0.326 e. The highest BCUT2D eigenvalue weighted by Gasteiger charge is 2.15. The van der Waals surface area contributed by atoms with Crippen molar-refractivity contribution in [3.63, 3.8) is 0 Å². The number of amides is 2. The maximum Gasteiger partial charge on any atom is 0.255 e. The lowest BCUT2D eigenvalue weighted by atomic mass is 10.0. The first-order valence-corrected chi connectivity index (χ1v) is 9.29. The molecule has 0 heterocycles. The first kappa shape index (κ1) is 19.5. The third kappa shape index (κ3) is 5.31. The first-order chi connectivity index (χ1) is 11.9. The monoisotopic (exact) mass is 422 g/mol. The zero-order valence-electron chi connectivity index (χ0n) is 14.1. The van der Waals surface area contributed by atoms with Crippen molar-refractivity contribution in [2.24, 2.45) is 5.92 Å². The number of carbonyl (C=O) groups excluding carboxylic acids is 2. The molecule has 0 fully saturated rings. The Morgan fingerprint density at radius 1 is 1.08 bits per heavy atom. The minimum atomic E-state index is -0.289. The Hall–Kier alpha value is -1.85. The summed E-state index contributed by atoms with van der Waals surface area (Å²) in [6, 6.07) is 12.1. The summed E-state index contributed by atoms with van der Waals surface area (Å²) in [7, 11) is 0. The van der Waals surface area contributed by atoms with Crippen molar-refractivity contribution < 1.29 is 9.59 Å². The van der Waals surface area contributed by atoms with Gasteiger partial charge in [0.25, 0.3) is 5.91 Å². The van der Waals surface area contributed by atoms with Crippen LogP contribution in [0, 0.1) is 5.92 Å². The second kappa shape index (κ2) is 9.02. The molecule has 4 nitrogen and oxygen atoms in total. The maximum absolute atomic E-state index is 12.4. The van der Waals surface area contributed by atoms with E-state index in [1.165, 1.54) is 0 Å². The number of carbonyl (C=O) groups is 2. The van der Waals surface area contributed by atoms with E-state index in [4.69, 9.17) is 11.6 Å². The van der Waals surface area contributed by atoms with Crippen LogP contribution in [0.4, 0.5) is 11.4 Å². The van der Waals surface area contributed by atoms with Crippen molar-refractivity contribution >= 4 is 50.7 Å². The third-order valence-corrected chi connectivity index (χ3v) is 4.73. The van der Waals surface area contributed by atoms with E-state index in [0.717, 1.165) is 17.3 Å². The lowest BCUT2D eigenvalue weighted by Gasteiger charge is -2.13. The Morgan fingerprint density at radius 2 is 1.80 bits per heavy atom. The van der Waals surface area contributed by atoms with E-state index in [-0.39, 0.29) is 17.7 Å². The molecular weight excluding hydrogens is 404 g/mol. The summed E-state index contributed by atoms with van der Waals surface area (Å²) in [5.74, 6) is -0.347. The lowest BCUT2D eigenvalue weighted by molar-refractivity contribution is -0.120. The van der Waals surface area contributed by atoms with Gasteiger partial charge < -0.3 is 10.6 Å². The molecule has 0 radical (unpaired) electrons. The maximum atomic E-state index is 12.4. The summed E-state index contributed by atoms with van der Waals surface area (Å²) in [6.07, 6.45) is 1.56. The van der Waals surface area contributed by atoms with Gasteiger partial charge in [0.1, 0.15) is 0 Å². The highest BCUT2D eigenvalue weighted by atomic mass is 79.9. The highest BCUT2D eigenvalue weighted by Crippen LogP contribution is 2.26. The molecule has 2 aromatic carbocycles. The smallest absolute Gasteiger partial charge is 0.255 e. The van der Waals surface area contributed by atoms with Gasteiger partial charge in [-0.1, -0.05) is 47.4 Å². The number of benzene rings is 2. The van der Waals surface area contributed by atoms with E-state index in [1.807, 2.05) is 13.8 Å². The Bertz CT molecular complexity index is 776. The van der Waals surface area contributed by atoms with Gasteiger partial charge in [0.2, 0.25) is 5.91 Å². The van der Waals surface area contributed by atoms with Crippen molar-refractivity contribution in [3.05, 3.63) is 57.5 Å². The van der Waals surface area contributed by atoms with Gasteiger partial charge in [0, 0.05) is 21.6 Å². The van der Waals surface area contributed by atoms with E-state index in [9.17, 15) is 9.59 Å². The average Bonchev–Trinajstić information content (AvgIpc) is 2.58. The Balaban J connectivity index is 2.12. The molecule has 0 aliphatic heterocycles. The standard InChI is InChI=1S/C19H20BrClN2O2/c1-3-12(4-2)18(24)22-15-7-5-6-13(10-15)19(25)23-17-9-8-14(20)11-16(17)21/h5-12H,3-4H2,1-2H3,(H,22,24)(H,23,25). The summed E-state index contributed by atoms with van der Waals surface area (Å²) >= 11 is 9.45. The molecule has 0 unspecified atom stereocenters. The van der Waals surface area contributed by atoms with Crippen LogP contribution in [-0.2, 0) is 4.79 Å². The minimum absolute atomic E-state index is 0.0287. The van der Waals surface area contributed by atoms with Gasteiger partial charge in [-0.15, -0.1) is 0 Å². The van der Waals surface area contributed by atoms with Crippen LogP contribution in [0.15, 0.2) is 46.9 Å². The molecule has 2 rings (SSSR count). The zero-order chi connectivity index (χ0) is 18.4. The fraction of sp³-hybridized carbons (Fsp3) is 0.263. The molecule has 0 aromatic heterocycles. The quantitative estimate of drug-likeness (QED) is 0.623. The highest BCUT2D eigenvalue weighted by molar-refractivity contribution is 9.10. The lowest BCUT2D eigenvalue weighted by Crippen LogP contribution is -2.22. The molecule has 0 atom stereocenters. The van der Waals surface area contributed by atoms with Crippen molar-refractivity contribution in [2.45, 2.75) is 26.7 Å². The van der Waals surface area contributed by atoms with Gasteiger partial charge in [0.05, 0.1) is 10.7 Å². The van der Waals surface area contributed by atoms with Crippen LogP contribution in [0.25, 0.3) is 0 Å². The molecule has 0 spiro atoms. The van der Waals surface area contributed by atoms with E-state index >= 15 is 0 Å². The number of anilines is 2. The Kier molecular flexibility index (Phi) is 7.02. The molecule has 6 heteroatoms. The van der Waals surface area contributed by atoms with Gasteiger partial charge in [0.15, 0.2) is 0 Å². The van der Waals surface area contributed by atoms with Crippen LogP contribution in [0.2, 0.25) is 5.02 Å². The second-order valence-electron chi connectivity index (χ2n) is 5.66. The fourth-order valence-electron chi connectivity index (χ4n) is 2.43. The molecule has 2 N–H and O–H groups in total. The summed E-state index contributed by atoms with van der Waals surface area (Å²) in [6.45, 7) is 3.97. The Labute approximate surface area is 161 Å². The molecule has 2 amide bonds. The normalized spacial score (nSPS) is 10.6. The van der Waals surface area contributed by atoms with Crippen LogP contribution in [0.3, 0.4) is 0 Å². The van der Waals surface area contributed by atoms with Gasteiger partial charge >= 0.3 is 0 Å². The molecule has 0 aliphatic carbocycles. The van der Waals surface area contributed by atoms with Gasteiger partial charge in [-0.3, -0.25) is 9.59 Å². The van der Waals surface area contributed by atoms with E-state index in [1.54, 1.807) is 42.5 Å². The number of halogens is 2. The fourth-order valence-corrected chi connectivity index (χ4v) is 3.15. The van der Waals surface area contributed by atoms with Crippen LogP contribution in [0.5, 0.6) is 0 Å².